The molecule has 3 aromatic rings. The van der Waals surface area contributed by atoms with Crippen LogP contribution in [0.4, 0.5) is 0 Å². The van der Waals surface area contributed by atoms with Crippen molar-refractivity contribution in [1.82, 2.24) is 14.8 Å². The van der Waals surface area contributed by atoms with Crippen molar-refractivity contribution in [2.75, 3.05) is 7.11 Å². The van der Waals surface area contributed by atoms with Crippen molar-refractivity contribution in [2.24, 2.45) is 0 Å². The highest BCUT2D eigenvalue weighted by Gasteiger charge is 2.13. The topological polar surface area (TPSA) is 42.8 Å². The lowest BCUT2D eigenvalue weighted by atomic mass is 10.1. The summed E-state index contributed by atoms with van der Waals surface area (Å²) in [6, 6.07) is 15.4. The second-order valence-electron chi connectivity index (χ2n) is 4.76. The average Bonchev–Trinajstić information content (AvgIpc) is 2.88. The predicted molar refractivity (Wildman–Crippen MR) is 89.6 cm³/mol. The van der Waals surface area contributed by atoms with E-state index in [0.29, 0.717) is 16.2 Å². The van der Waals surface area contributed by atoms with Gasteiger partial charge in [-0.05, 0) is 42.0 Å². The fraction of sp³-hybridized carbons (Fsp3) is 0.125. The molecule has 22 heavy (non-hydrogen) atoms. The second-order valence-corrected chi connectivity index (χ2v) is 5.58. The van der Waals surface area contributed by atoms with Gasteiger partial charge >= 0.3 is 0 Å². The van der Waals surface area contributed by atoms with Crippen molar-refractivity contribution in [3.05, 3.63) is 69.7 Å². The average molecular weight is 332 g/mol. The molecule has 0 spiro atoms. The van der Waals surface area contributed by atoms with Gasteiger partial charge in [0.2, 0.25) is 0 Å². The molecule has 0 radical (unpaired) electrons. The Morgan fingerprint density at radius 2 is 2.05 bits per heavy atom. The summed E-state index contributed by atoms with van der Waals surface area (Å²) >= 11 is 11.4. The normalized spacial score (nSPS) is 10.6. The third-order valence-corrected chi connectivity index (χ3v) is 3.83. The predicted octanol–water partition coefficient (Wildman–Crippen LogP) is 4.18. The van der Waals surface area contributed by atoms with Crippen LogP contribution in [0.2, 0.25) is 5.02 Å². The molecule has 0 atom stereocenters. The second kappa shape index (κ2) is 6.34. The largest absolute Gasteiger partial charge is 0.495 e. The Morgan fingerprint density at radius 1 is 1.23 bits per heavy atom. The SMILES string of the molecule is COc1ccccc1-n1c(Cc2cccc(Cl)c2)n[nH]c1=S. The first-order valence-electron chi connectivity index (χ1n) is 6.73. The van der Waals surface area contributed by atoms with Gasteiger partial charge in [0.05, 0.1) is 12.8 Å². The Hall–Kier alpha value is -2.11. The molecule has 0 aliphatic heterocycles. The van der Waals surface area contributed by atoms with Crippen LogP contribution in [0.25, 0.3) is 5.69 Å². The van der Waals surface area contributed by atoms with Gasteiger partial charge in [0, 0.05) is 11.4 Å². The van der Waals surface area contributed by atoms with Crippen LogP contribution in [0.3, 0.4) is 0 Å². The number of aromatic amines is 1. The van der Waals surface area contributed by atoms with E-state index in [9.17, 15) is 0 Å². The van der Waals surface area contributed by atoms with Crippen LogP contribution in [-0.4, -0.2) is 21.9 Å². The quantitative estimate of drug-likeness (QED) is 0.729. The third-order valence-electron chi connectivity index (χ3n) is 3.32. The fourth-order valence-electron chi connectivity index (χ4n) is 2.34. The van der Waals surface area contributed by atoms with Gasteiger partial charge < -0.3 is 4.74 Å². The number of nitrogens with one attached hydrogen (secondary N) is 1. The summed E-state index contributed by atoms with van der Waals surface area (Å²) in [5.74, 6) is 1.55. The van der Waals surface area contributed by atoms with E-state index in [-0.39, 0.29) is 0 Å². The van der Waals surface area contributed by atoms with Gasteiger partial charge in [-0.25, -0.2) is 0 Å². The van der Waals surface area contributed by atoms with E-state index in [1.807, 2.05) is 53.1 Å². The molecule has 0 aliphatic rings. The van der Waals surface area contributed by atoms with Crippen molar-refractivity contribution in [3.8, 4) is 11.4 Å². The van der Waals surface area contributed by atoms with Crippen LogP contribution in [0.5, 0.6) is 5.75 Å². The van der Waals surface area contributed by atoms with Crippen molar-refractivity contribution in [1.29, 1.82) is 0 Å². The standard InChI is InChI=1S/C16H14ClN3OS/c1-21-14-8-3-2-7-13(14)20-15(18-19-16(20)22)10-11-5-4-6-12(17)9-11/h2-9H,10H2,1H3,(H,19,22). The van der Waals surface area contributed by atoms with Crippen LogP contribution in [0.1, 0.15) is 11.4 Å². The number of halogens is 1. The maximum atomic E-state index is 6.05. The van der Waals surface area contributed by atoms with Gasteiger partial charge in [0.25, 0.3) is 0 Å². The summed E-state index contributed by atoms with van der Waals surface area (Å²) < 4.78 is 7.83. The molecule has 0 fully saturated rings. The summed E-state index contributed by atoms with van der Waals surface area (Å²) in [4.78, 5) is 0. The summed E-state index contributed by atoms with van der Waals surface area (Å²) in [5, 5.41) is 7.89. The first-order valence-corrected chi connectivity index (χ1v) is 7.52. The van der Waals surface area contributed by atoms with Crippen LogP contribution in [-0.2, 0) is 6.42 Å². The van der Waals surface area contributed by atoms with Crippen LogP contribution >= 0.6 is 23.8 Å². The van der Waals surface area contributed by atoms with Crippen LogP contribution < -0.4 is 4.74 Å². The Balaban J connectivity index is 2.06. The van der Waals surface area contributed by atoms with Crippen LogP contribution in [0.15, 0.2) is 48.5 Å². The van der Waals surface area contributed by atoms with E-state index in [1.54, 1.807) is 7.11 Å². The Bertz CT molecular complexity index is 856. The monoisotopic (exact) mass is 331 g/mol. The highest BCUT2D eigenvalue weighted by atomic mass is 35.5. The number of benzene rings is 2. The molecule has 112 valence electrons. The van der Waals surface area contributed by atoms with Gasteiger partial charge in [-0.15, -0.1) is 0 Å². The first-order chi connectivity index (χ1) is 10.7. The Kier molecular flexibility index (Phi) is 4.27. The molecule has 1 heterocycles. The van der Waals surface area contributed by atoms with E-state index >= 15 is 0 Å². The van der Waals surface area contributed by atoms with E-state index in [2.05, 4.69) is 10.2 Å². The lowest BCUT2D eigenvalue weighted by Gasteiger charge is -2.11. The molecule has 0 aliphatic carbocycles. The molecule has 0 saturated carbocycles. The number of aromatic nitrogens is 3. The van der Waals surface area contributed by atoms with Gasteiger partial charge in [0.15, 0.2) is 4.77 Å². The number of ether oxygens (including phenoxy) is 1. The molecular weight excluding hydrogens is 318 g/mol. The maximum absolute atomic E-state index is 6.05. The van der Waals surface area contributed by atoms with E-state index in [1.165, 1.54) is 0 Å². The maximum Gasteiger partial charge on any atom is 0.200 e. The van der Waals surface area contributed by atoms with Gasteiger partial charge in [0.1, 0.15) is 11.6 Å². The lowest BCUT2D eigenvalue weighted by molar-refractivity contribution is 0.412. The van der Waals surface area contributed by atoms with Crippen molar-refractivity contribution >= 4 is 23.8 Å². The van der Waals surface area contributed by atoms with Crippen molar-refractivity contribution < 1.29 is 4.74 Å². The molecule has 2 aromatic carbocycles. The molecule has 1 N–H and O–H groups in total. The molecule has 0 saturated heterocycles. The number of rotatable bonds is 4. The highest BCUT2D eigenvalue weighted by molar-refractivity contribution is 7.71. The lowest BCUT2D eigenvalue weighted by Crippen LogP contribution is -2.04. The van der Waals surface area contributed by atoms with Gasteiger partial charge in [-0.3, -0.25) is 9.67 Å². The van der Waals surface area contributed by atoms with E-state index < -0.39 is 0 Å². The molecule has 0 amide bonds. The number of hydrogen-bond donors (Lipinski definition) is 1. The summed E-state index contributed by atoms with van der Waals surface area (Å²) in [5.41, 5.74) is 1.93. The fourth-order valence-corrected chi connectivity index (χ4v) is 2.80. The smallest absolute Gasteiger partial charge is 0.200 e. The Morgan fingerprint density at radius 3 is 2.82 bits per heavy atom. The van der Waals surface area contributed by atoms with Crippen molar-refractivity contribution in [2.45, 2.75) is 6.42 Å². The molecular formula is C16H14ClN3OS. The molecule has 4 nitrogen and oxygen atoms in total. The molecule has 6 heteroatoms. The number of para-hydroxylation sites is 2. The van der Waals surface area contributed by atoms with Crippen molar-refractivity contribution in [3.63, 3.8) is 0 Å². The Labute approximate surface area is 138 Å². The van der Waals surface area contributed by atoms with E-state index in [0.717, 1.165) is 22.8 Å². The molecule has 1 aromatic heterocycles. The summed E-state index contributed by atoms with van der Waals surface area (Å²) in [6.45, 7) is 0. The highest BCUT2D eigenvalue weighted by Crippen LogP contribution is 2.24. The third kappa shape index (κ3) is 2.91. The zero-order valence-electron chi connectivity index (χ0n) is 11.9. The molecule has 3 rings (SSSR count). The zero-order valence-corrected chi connectivity index (χ0v) is 13.5. The summed E-state index contributed by atoms with van der Waals surface area (Å²) in [6.07, 6.45) is 0.617. The van der Waals surface area contributed by atoms with E-state index in [4.69, 9.17) is 28.6 Å². The number of methoxy groups -OCH3 is 1. The van der Waals surface area contributed by atoms with Gasteiger partial charge in [-0.1, -0.05) is 35.9 Å². The minimum atomic E-state index is 0.529. The summed E-state index contributed by atoms with van der Waals surface area (Å²) in [7, 11) is 1.64. The minimum Gasteiger partial charge on any atom is -0.495 e. The molecule has 0 bridgehead atoms. The number of H-pyrrole nitrogens is 1. The number of nitrogens with zero attached hydrogens (tertiary/aromatic N) is 2. The zero-order chi connectivity index (χ0) is 15.5. The minimum absolute atomic E-state index is 0.529. The van der Waals surface area contributed by atoms with Gasteiger partial charge in [-0.2, -0.15) is 5.10 Å². The number of hydrogen-bond acceptors (Lipinski definition) is 3. The molecule has 0 unspecified atom stereocenters. The first kappa shape index (κ1) is 14.8. The van der Waals surface area contributed by atoms with Crippen LogP contribution in [0, 0.1) is 4.77 Å².